The molecule has 0 aliphatic carbocycles. The summed E-state index contributed by atoms with van der Waals surface area (Å²) < 4.78 is 34.1. The number of likely N-dealkylation sites (N-methyl/N-ethyl adjacent to an activating group) is 1. The lowest BCUT2D eigenvalue weighted by Crippen LogP contribution is -2.37. The van der Waals surface area contributed by atoms with Gasteiger partial charge in [-0.1, -0.05) is 124 Å². The zero-order chi connectivity index (χ0) is 43.7. The summed E-state index contributed by atoms with van der Waals surface area (Å²) in [6.45, 7) is 3.81. The Hall–Kier alpha value is -2.85. The zero-order valence-electron chi connectivity index (χ0n) is 37.6. The average molecular weight is 849 g/mol. The van der Waals surface area contributed by atoms with E-state index in [4.69, 9.17) is 18.5 Å². The number of nitrogens with zero attached hydrogens (tertiary/aromatic N) is 1. The van der Waals surface area contributed by atoms with Crippen LogP contribution in [0.2, 0.25) is 0 Å². The van der Waals surface area contributed by atoms with Crippen LogP contribution in [-0.2, 0) is 32.7 Å². The minimum Gasteiger partial charge on any atom is -0.462 e. The Morgan fingerprint density at radius 3 is 1.53 bits per heavy atom. The molecule has 0 heterocycles. The van der Waals surface area contributed by atoms with Crippen molar-refractivity contribution in [2.24, 2.45) is 0 Å². The second-order valence-corrected chi connectivity index (χ2v) is 17.5. The SMILES string of the molecule is CCCCCCCC/C=C\C/C=C\C/C=C\CCCC(=O)OC[C@H](COP(=O)(O)OCC[N+](C)(C)C)OC(=O)CCC/C=C\C/C=C\C/C=C\C/C=C\CCC[C@H](C)O. The van der Waals surface area contributed by atoms with Crippen LogP contribution in [0.4, 0.5) is 0 Å². The molecule has 10 nitrogen and oxygen atoms in total. The maximum atomic E-state index is 12.7. The second-order valence-electron chi connectivity index (χ2n) is 16.0. The summed E-state index contributed by atoms with van der Waals surface area (Å²) in [5, 5.41) is 9.28. The molecule has 338 valence electrons. The van der Waals surface area contributed by atoms with E-state index in [0.717, 1.165) is 64.2 Å². The fourth-order valence-corrected chi connectivity index (χ4v) is 6.13. The highest BCUT2D eigenvalue weighted by atomic mass is 31.2. The van der Waals surface area contributed by atoms with Crippen molar-refractivity contribution >= 4 is 19.8 Å². The maximum absolute atomic E-state index is 12.7. The normalized spacial score (nSPS) is 14.9. The van der Waals surface area contributed by atoms with E-state index < -0.39 is 32.5 Å². The first-order valence-corrected chi connectivity index (χ1v) is 23.8. The van der Waals surface area contributed by atoms with Gasteiger partial charge in [0.05, 0.1) is 33.9 Å². The third kappa shape index (κ3) is 44.5. The Balaban J connectivity index is 4.55. The van der Waals surface area contributed by atoms with Gasteiger partial charge in [-0.15, -0.1) is 0 Å². The van der Waals surface area contributed by atoms with E-state index >= 15 is 0 Å². The highest BCUT2D eigenvalue weighted by Crippen LogP contribution is 2.43. The maximum Gasteiger partial charge on any atom is 0.472 e. The predicted octanol–water partition coefficient (Wildman–Crippen LogP) is 11.8. The number of quaternary nitrogens is 1. The van der Waals surface area contributed by atoms with Crippen LogP contribution in [0.1, 0.15) is 149 Å². The fourth-order valence-electron chi connectivity index (χ4n) is 5.39. The van der Waals surface area contributed by atoms with Crippen LogP contribution >= 0.6 is 7.82 Å². The fraction of sp³-hybridized carbons (Fsp3) is 0.667. The molecule has 0 aromatic heterocycles. The van der Waals surface area contributed by atoms with Crippen molar-refractivity contribution in [3.05, 3.63) is 85.1 Å². The smallest absolute Gasteiger partial charge is 0.462 e. The topological polar surface area (TPSA) is 129 Å². The number of phosphoric ester groups is 1. The predicted molar refractivity (Wildman–Crippen MR) is 244 cm³/mol. The molecule has 2 N–H and O–H groups in total. The van der Waals surface area contributed by atoms with Gasteiger partial charge in [0.1, 0.15) is 19.8 Å². The van der Waals surface area contributed by atoms with Crippen molar-refractivity contribution in [2.45, 2.75) is 161 Å². The third-order valence-corrected chi connectivity index (χ3v) is 9.90. The Morgan fingerprint density at radius 2 is 1.03 bits per heavy atom. The molecule has 0 rings (SSSR count). The summed E-state index contributed by atoms with van der Waals surface area (Å²) in [6.07, 6.45) is 47.8. The summed E-state index contributed by atoms with van der Waals surface area (Å²) >= 11 is 0. The summed E-state index contributed by atoms with van der Waals surface area (Å²) in [5.41, 5.74) is 0. The number of phosphoric acid groups is 1. The molecule has 59 heavy (non-hydrogen) atoms. The number of ether oxygens (including phenoxy) is 2. The van der Waals surface area contributed by atoms with Gasteiger partial charge in [-0.25, -0.2) is 4.57 Å². The summed E-state index contributed by atoms with van der Waals surface area (Å²) in [4.78, 5) is 35.3. The van der Waals surface area contributed by atoms with Gasteiger partial charge >= 0.3 is 19.8 Å². The van der Waals surface area contributed by atoms with E-state index in [2.05, 4.69) is 85.9 Å². The van der Waals surface area contributed by atoms with Crippen LogP contribution in [0.15, 0.2) is 85.1 Å². The molecule has 0 aliphatic heterocycles. The summed E-state index contributed by atoms with van der Waals surface area (Å²) in [5.74, 6) is -0.951. The number of hydrogen-bond donors (Lipinski definition) is 2. The van der Waals surface area contributed by atoms with E-state index in [1.54, 1.807) is 0 Å². The highest BCUT2D eigenvalue weighted by molar-refractivity contribution is 7.47. The van der Waals surface area contributed by atoms with Gasteiger partial charge < -0.3 is 24.0 Å². The number of unbranched alkanes of at least 4 members (excludes halogenated alkanes) is 9. The van der Waals surface area contributed by atoms with Crippen molar-refractivity contribution in [1.29, 1.82) is 0 Å². The van der Waals surface area contributed by atoms with Crippen molar-refractivity contribution in [1.82, 2.24) is 0 Å². The van der Waals surface area contributed by atoms with Crippen LogP contribution in [0.25, 0.3) is 0 Å². The third-order valence-electron chi connectivity index (χ3n) is 8.92. The van der Waals surface area contributed by atoms with Crippen molar-refractivity contribution < 1.29 is 47.2 Å². The van der Waals surface area contributed by atoms with E-state index in [1.165, 1.54) is 38.5 Å². The number of allylic oxidation sites excluding steroid dienone is 14. The molecule has 0 saturated heterocycles. The molecular weight excluding hydrogens is 765 g/mol. The van der Waals surface area contributed by atoms with Gasteiger partial charge in [0.15, 0.2) is 6.10 Å². The molecule has 11 heteroatoms. The van der Waals surface area contributed by atoms with Crippen LogP contribution in [-0.4, -0.2) is 86.1 Å². The molecule has 0 fully saturated rings. The van der Waals surface area contributed by atoms with Gasteiger partial charge in [0.25, 0.3) is 0 Å². The molecular formula is C48H83NO9P+. The van der Waals surface area contributed by atoms with E-state index in [9.17, 15) is 24.2 Å². The monoisotopic (exact) mass is 849 g/mol. The van der Waals surface area contributed by atoms with Crippen molar-refractivity contribution in [3.63, 3.8) is 0 Å². The average Bonchev–Trinajstić information content (AvgIpc) is 3.17. The van der Waals surface area contributed by atoms with Crippen LogP contribution < -0.4 is 0 Å². The molecule has 3 atom stereocenters. The van der Waals surface area contributed by atoms with Crippen molar-refractivity contribution in [3.8, 4) is 0 Å². The summed E-state index contributed by atoms with van der Waals surface area (Å²) in [7, 11) is 1.38. The quantitative estimate of drug-likeness (QED) is 0.0204. The Morgan fingerprint density at radius 1 is 0.593 bits per heavy atom. The summed E-state index contributed by atoms with van der Waals surface area (Å²) in [6, 6.07) is 0. The number of rotatable bonds is 39. The van der Waals surface area contributed by atoms with E-state index in [0.29, 0.717) is 30.3 Å². The first-order valence-electron chi connectivity index (χ1n) is 22.3. The molecule has 0 amide bonds. The Bertz CT molecular complexity index is 1290. The number of esters is 2. The standard InChI is InChI=1S/C48H82NO9P/c1-6-7-8-9-10-11-12-13-14-15-18-21-24-27-30-33-36-39-47(51)55-43-46(44-57-59(53,54)56-42-41-49(3,4)5)58-48(52)40-37-34-31-28-25-22-19-16-17-20-23-26-29-32-35-38-45(2)50/h13-14,17-22,26-31,45-46,50H,6-12,15-16,23-25,32-44H2,1-5H3/p+1/b14-13-,20-17-,21-18-,22-19-,29-26-,30-27-,31-28-/t45-,46+/m0/s1. The molecule has 1 unspecified atom stereocenters. The number of carbonyl (C=O) groups excluding carboxylic acids is 2. The van der Waals surface area contributed by atoms with Gasteiger partial charge in [-0.2, -0.15) is 0 Å². The Kier molecular flexibility index (Phi) is 37.4. The van der Waals surface area contributed by atoms with Crippen LogP contribution in [0, 0.1) is 0 Å². The molecule has 0 saturated carbocycles. The van der Waals surface area contributed by atoms with Gasteiger partial charge in [0.2, 0.25) is 0 Å². The first-order chi connectivity index (χ1) is 28.3. The molecule has 0 aliphatic rings. The largest absolute Gasteiger partial charge is 0.472 e. The number of carbonyl (C=O) groups is 2. The minimum atomic E-state index is -4.41. The lowest BCUT2D eigenvalue weighted by Gasteiger charge is -2.24. The first kappa shape index (κ1) is 56.1. The van der Waals surface area contributed by atoms with Crippen LogP contribution in [0.5, 0.6) is 0 Å². The lowest BCUT2D eigenvalue weighted by atomic mass is 10.1. The van der Waals surface area contributed by atoms with Crippen molar-refractivity contribution in [2.75, 3.05) is 47.5 Å². The van der Waals surface area contributed by atoms with E-state index in [1.807, 2.05) is 34.1 Å². The Labute approximate surface area is 359 Å². The highest BCUT2D eigenvalue weighted by Gasteiger charge is 2.27. The molecule has 0 radical (unpaired) electrons. The molecule has 0 bridgehead atoms. The van der Waals surface area contributed by atoms with E-state index in [-0.39, 0.29) is 32.2 Å². The molecule has 0 aromatic carbocycles. The number of aliphatic hydroxyl groups is 1. The van der Waals surface area contributed by atoms with Crippen LogP contribution in [0.3, 0.4) is 0 Å². The molecule has 0 aromatic rings. The number of hydrogen-bond acceptors (Lipinski definition) is 8. The number of aliphatic hydroxyl groups excluding tert-OH is 1. The van der Waals surface area contributed by atoms with Gasteiger partial charge in [0, 0.05) is 12.8 Å². The van der Waals surface area contributed by atoms with Gasteiger partial charge in [-0.05, 0) is 96.8 Å². The lowest BCUT2D eigenvalue weighted by molar-refractivity contribution is -0.870. The zero-order valence-corrected chi connectivity index (χ0v) is 38.5. The molecule has 0 spiro atoms. The minimum absolute atomic E-state index is 0.00363. The van der Waals surface area contributed by atoms with Gasteiger partial charge in [-0.3, -0.25) is 18.6 Å². The second kappa shape index (κ2) is 39.3.